The van der Waals surface area contributed by atoms with E-state index < -0.39 is 6.04 Å². The van der Waals surface area contributed by atoms with Crippen molar-refractivity contribution in [2.75, 3.05) is 33.7 Å². The van der Waals surface area contributed by atoms with Gasteiger partial charge >= 0.3 is 12.0 Å². The Morgan fingerprint density at radius 3 is 2.37 bits per heavy atom. The van der Waals surface area contributed by atoms with E-state index in [0.29, 0.717) is 5.84 Å². The molecule has 1 aromatic heterocycles. The second-order valence-electron chi connectivity index (χ2n) is 7.86. The Morgan fingerprint density at radius 2 is 1.70 bits per heavy atom. The highest BCUT2D eigenvalue weighted by Crippen LogP contribution is 2.34. The number of carbonyl (C=O) groups excluding carboxylic acids is 2. The number of imidazole rings is 1. The molecular weight excluding hydrogens is 344 g/mol. The number of aromatic nitrogens is 2. The lowest BCUT2D eigenvalue weighted by Crippen LogP contribution is -2.56. The molecule has 0 spiro atoms. The van der Waals surface area contributed by atoms with Crippen LogP contribution in [0.5, 0.6) is 0 Å². The normalized spacial score (nSPS) is 23.4. The van der Waals surface area contributed by atoms with Crippen molar-refractivity contribution in [3.8, 4) is 0 Å². The zero-order chi connectivity index (χ0) is 19.3. The second-order valence-corrected chi connectivity index (χ2v) is 7.86. The lowest BCUT2D eigenvalue weighted by molar-refractivity contribution is -0.688. The minimum atomic E-state index is -0.536. The fraction of sp³-hybridized carbons (Fsp3) is 0.684. The molecule has 0 saturated carbocycles. The minimum Gasteiger partial charge on any atom is -0.300 e. The summed E-state index contributed by atoms with van der Waals surface area (Å²) in [5.41, 5.74) is 2.17. The highest BCUT2D eigenvalue weighted by Gasteiger charge is 2.53. The van der Waals surface area contributed by atoms with E-state index in [1.54, 1.807) is 7.05 Å². The van der Waals surface area contributed by atoms with E-state index in [4.69, 9.17) is 4.99 Å². The van der Waals surface area contributed by atoms with Crippen molar-refractivity contribution in [2.24, 2.45) is 4.99 Å². The number of nitrogens with zero attached hydrogens (tertiary/aromatic N) is 6. The number of fused-ring (bicyclic) bond motifs is 3. The van der Waals surface area contributed by atoms with E-state index in [1.165, 1.54) is 42.5 Å². The summed E-state index contributed by atoms with van der Waals surface area (Å²) in [5.74, 6) is 1.10. The summed E-state index contributed by atoms with van der Waals surface area (Å²) in [6.45, 7) is 8.27. The molecule has 27 heavy (non-hydrogen) atoms. The van der Waals surface area contributed by atoms with Crippen molar-refractivity contribution in [3.05, 3.63) is 11.4 Å². The average molecular weight is 373 g/mol. The molecule has 8 nitrogen and oxygen atoms in total. The van der Waals surface area contributed by atoms with Gasteiger partial charge in [-0.05, 0) is 39.8 Å². The lowest BCUT2D eigenvalue weighted by atomic mass is 10.1. The van der Waals surface area contributed by atoms with Crippen LogP contribution in [0.4, 0.5) is 10.7 Å². The molecular formula is C19H29N6O2+. The zero-order valence-electron chi connectivity index (χ0n) is 16.7. The fourth-order valence-corrected chi connectivity index (χ4v) is 4.45. The fourth-order valence-electron chi connectivity index (χ4n) is 4.45. The Morgan fingerprint density at radius 1 is 1.04 bits per heavy atom. The molecule has 0 N–H and O–H groups in total. The molecule has 4 rings (SSSR count). The highest BCUT2D eigenvalue weighted by atomic mass is 16.2. The monoisotopic (exact) mass is 373 g/mol. The van der Waals surface area contributed by atoms with Crippen molar-refractivity contribution in [2.45, 2.75) is 52.1 Å². The third kappa shape index (κ3) is 2.77. The molecule has 4 heterocycles. The van der Waals surface area contributed by atoms with Gasteiger partial charge in [0.05, 0.1) is 6.54 Å². The SMILES string of the molecule is Cc1c(C)[n+](CCN2CCCCCC2)c2n1C1C(=O)N(C)C(=O)N(C)C1=N2. The quantitative estimate of drug-likeness (QED) is 0.752. The van der Waals surface area contributed by atoms with Gasteiger partial charge in [0.15, 0.2) is 0 Å². The van der Waals surface area contributed by atoms with Crippen LogP contribution in [0.2, 0.25) is 0 Å². The highest BCUT2D eigenvalue weighted by molar-refractivity contribution is 6.20. The number of rotatable bonds is 3. The van der Waals surface area contributed by atoms with Gasteiger partial charge < -0.3 is 4.90 Å². The van der Waals surface area contributed by atoms with E-state index >= 15 is 0 Å². The molecule has 2 fully saturated rings. The van der Waals surface area contributed by atoms with Gasteiger partial charge in [0.1, 0.15) is 11.4 Å². The number of amidine groups is 1. The van der Waals surface area contributed by atoms with Crippen molar-refractivity contribution >= 4 is 23.7 Å². The van der Waals surface area contributed by atoms with E-state index in [9.17, 15) is 9.59 Å². The number of urea groups is 1. The predicted octanol–water partition coefficient (Wildman–Crippen LogP) is 1.38. The summed E-state index contributed by atoms with van der Waals surface area (Å²) in [5, 5.41) is 0. The molecule has 0 aromatic carbocycles. The van der Waals surface area contributed by atoms with Crippen LogP contribution < -0.4 is 4.57 Å². The van der Waals surface area contributed by atoms with E-state index in [1.807, 2.05) is 11.5 Å². The Balaban J connectivity index is 1.65. The van der Waals surface area contributed by atoms with Crippen LogP contribution in [0.25, 0.3) is 0 Å². The first-order valence-electron chi connectivity index (χ1n) is 9.89. The van der Waals surface area contributed by atoms with E-state index in [2.05, 4.69) is 16.4 Å². The standard InChI is InChI=1S/C19H29N6O2/c1-13-14(2)25-15-16(21(3)19(27)22(4)17(15)26)20-18(25)24(13)12-11-23-9-7-5-6-8-10-23/h15H,5-12H2,1-4H3/q+1. The van der Waals surface area contributed by atoms with Gasteiger partial charge in [-0.15, -0.1) is 0 Å². The number of carbonyl (C=O) groups is 2. The lowest BCUT2D eigenvalue weighted by Gasteiger charge is -2.30. The second kappa shape index (κ2) is 6.74. The van der Waals surface area contributed by atoms with Gasteiger partial charge in [0, 0.05) is 20.6 Å². The van der Waals surface area contributed by atoms with Gasteiger partial charge in [-0.3, -0.25) is 14.6 Å². The van der Waals surface area contributed by atoms with Crippen LogP contribution in [0, 0.1) is 13.8 Å². The van der Waals surface area contributed by atoms with Crippen molar-refractivity contribution in [1.29, 1.82) is 0 Å². The van der Waals surface area contributed by atoms with Crippen LogP contribution in [0.1, 0.15) is 43.1 Å². The minimum absolute atomic E-state index is 0.214. The van der Waals surface area contributed by atoms with Crippen LogP contribution in [-0.2, 0) is 11.3 Å². The Hall–Kier alpha value is -2.22. The summed E-state index contributed by atoms with van der Waals surface area (Å²) < 4.78 is 4.20. The number of amides is 3. The molecule has 2 saturated heterocycles. The molecule has 3 aliphatic heterocycles. The molecule has 1 unspecified atom stereocenters. The van der Waals surface area contributed by atoms with Crippen molar-refractivity contribution < 1.29 is 14.2 Å². The molecule has 0 aliphatic carbocycles. The summed E-state index contributed by atoms with van der Waals surface area (Å²) in [6.07, 6.45) is 5.20. The summed E-state index contributed by atoms with van der Waals surface area (Å²) in [7, 11) is 3.22. The number of hydrogen-bond acceptors (Lipinski definition) is 4. The van der Waals surface area contributed by atoms with E-state index in [-0.39, 0.29) is 11.9 Å². The van der Waals surface area contributed by atoms with Gasteiger partial charge in [-0.25, -0.2) is 13.9 Å². The Kier molecular flexibility index (Phi) is 4.53. The number of imide groups is 1. The van der Waals surface area contributed by atoms with E-state index in [0.717, 1.165) is 43.5 Å². The molecule has 0 radical (unpaired) electrons. The first-order valence-corrected chi connectivity index (χ1v) is 9.89. The first kappa shape index (κ1) is 18.2. The summed E-state index contributed by atoms with van der Waals surface area (Å²) in [4.78, 5) is 35.0. The molecule has 3 amide bonds. The van der Waals surface area contributed by atoms with Crippen molar-refractivity contribution in [1.82, 2.24) is 19.3 Å². The number of hydrogen-bond donors (Lipinski definition) is 0. The summed E-state index contributed by atoms with van der Waals surface area (Å²) >= 11 is 0. The average Bonchev–Trinajstić information content (AvgIpc) is 2.99. The third-order valence-electron chi connectivity index (χ3n) is 6.28. The molecule has 8 heteroatoms. The van der Waals surface area contributed by atoms with Gasteiger partial charge in [0.2, 0.25) is 11.9 Å². The topological polar surface area (TPSA) is 65.0 Å². The van der Waals surface area contributed by atoms with Gasteiger partial charge in [-0.1, -0.05) is 17.8 Å². The molecule has 1 atom stereocenters. The van der Waals surface area contributed by atoms with Gasteiger partial charge in [0.25, 0.3) is 5.91 Å². The molecule has 1 aromatic rings. The van der Waals surface area contributed by atoms with Crippen LogP contribution in [-0.4, -0.2) is 70.8 Å². The smallest absolute Gasteiger partial charge is 0.300 e. The maximum absolute atomic E-state index is 12.8. The Labute approximate surface area is 160 Å². The largest absolute Gasteiger partial charge is 0.402 e. The maximum atomic E-state index is 12.8. The number of likely N-dealkylation sites (N-methyl/N-ethyl adjacent to an activating group) is 2. The third-order valence-corrected chi connectivity index (χ3v) is 6.28. The first-order chi connectivity index (χ1) is 12.9. The Bertz CT molecular complexity index is 819. The van der Waals surface area contributed by atoms with Crippen LogP contribution in [0.15, 0.2) is 4.99 Å². The molecule has 0 bridgehead atoms. The van der Waals surface area contributed by atoms with Crippen molar-refractivity contribution in [3.63, 3.8) is 0 Å². The zero-order valence-corrected chi connectivity index (χ0v) is 16.7. The number of likely N-dealkylation sites (tertiary alicyclic amines) is 1. The predicted molar refractivity (Wildman–Crippen MR) is 101 cm³/mol. The number of aliphatic imine (C=N–C) groups is 1. The van der Waals surface area contributed by atoms with Crippen LogP contribution >= 0.6 is 0 Å². The molecule has 146 valence electrons. The van der Waals surface area contributed by atoms with Crippen LogP contribution in [0.3, 0.4) is 0 Å². The van der Waals surface area contributed by atoms with Gasteiger partial charge in [-0.2, -0.15) is 0 Å². The maximum Gasteiger partial charge on any atom is 0.402 e. The molecule has 3 aliphatic rings. The summed E-state index contributed by atoms with van der Waals surface area (Å²) in [6, 6.07) is -0.864.